The van der Waals surface area contributed by atoms with E-state index in [0.717, 1.165) is 42.7 Å². The number of hydrogen-bond acceptors (Lipinski definition) is 7. The molecule has 9 nitrogen and oxygen atoms in total. The Morgan fingerprint density at radius 3 is 2.94 bits per heavy atom. The Balaban J connectivity index is 1.48. The topological polar surface area (TPSA) is 103 Å². The zero-order valence-corrected chi connectivity index (χ0v) is 17.5. The van der Waals surface area contributed by atoms with E-state index in [0.29, 0.717) is 30.4 Å². The minimum absolute atomic E-state index is 0.0405. The molecule has 1 aromatic carbocycles. The van der Waals surface area contributed by atoms with Gasteiger partial charge in [0, 0.05) is 25.4 Å². The van der Waals surface area contributed by atoms with Crippen molar-refractivity contribution < 1.29 is 14.3 Å². The van der Waals surface area contributed by atoms with Gasteiger partial charge < -0.3 is 20.1 Å². The lowest BCUT2D eigenvalue weighted by atomic mass is 10.1. The number of anilines is 2. The van der Waals surface area contributed by atoms with Crippen molar-refractivity contribution in [2.24, 2.45) is 0 Å². The monoisotopic (exact) mass is 422 g/mol. The van der Waals surface area contributed by atoms with E-state index in [1.165, 1.54) is 0 Å². The first-order valence-electron chi connectivity index (χ1n) is 10.5. The third-order valence-electron chi connectivity index (χ3n) is 4.94. The number of ether oxygens (including phenoxy) is 2. The first-order valence-corrected chi connectivity index (χ1v) is 10.5. The van der Waals surface area contributed by atoms with Gasteiger partial charge in [-0.1, -0.05) is 32.3 Å². The number of nitrogens with one attached hydrogen (secondary N) is 2. The summed E-state index contributed by atoms with van der Waals surface area (Å²) in [5, 5.41) is 6.25. The highest BCUT2D eigenvalue weighted by molar-refractivity contribution is 5.93. The molecule has 0 spiro atoms. The molecule has 0 saturated heterocycles. The lowest BCUT2D eigenvalue weighted by Crippen LogP contribution is -2.15. The van der Waals surface area contributed by atoms with E-state index in [9.17, 15) is 4.79 Å². The number of unbranched alkanes of at least 4 members (excludes halogenated alkanes) is 3. The molecule has 0 fully saturated rings. The van der Waals surface area contributed by atoms with Gasteiger partial charge in [0.25, 0.3) is 0 Å². The van der Waals surface area contributed by atoms with Crippen molar-refractivity contribution in [2.75, 3.05) is 17.4 Å². The molecule has 31 heavy (non-hydrogen) atoms. The molecular formula is C22H26N6O3. The molecule has 0 bridgehead atoms. The number of fused-ring (bicyclic) bond motifs is 1. The summed E-state index contributed by atoms with van der Waals surface area (Å²) in [5.74, 6) is 2.43. The maximum Gasteiger partial charge on any atom is 0.236 e. The van der Waals surface area contributed by atoms with Gasteiger partial charge in [-0.05, 0) is 24.1 Å². The number of carbonyl (C=O) groups is 1. The van der Waals surface area contributed by atoms with Crippen molar-refractivity contribution in [2.45, 2.75) is 45.6 Å². The van der Waals surface area contributed by atoms with Crippen molar-refractivity contribution in [1.29, 1.82) is 0 Å². The number of hydrogen-bond donors (Lipinski definition) is 2. The van der Waals surface area contributed by atoms with Gasteiger partial charge in [-0.25, -0.2) is 9.97 Å². The van der Waals surface area contributed by atoms with Crippen molar-refractivity contribution in [1.82, 2.24) is 19.5 Å². The minimum atomic E-state index is -0.0405. The molecule has 3 aromatic rings. The van der Waals surface area contributed by atoms with Crippen LogP contribution in [0.4, 0.5) is 11.5 Å². The number of rotatable bonds is 10. The van der Waals surface area contributed by atoms with Gasteiger partial charge in [-0.2, -0.15) is 4.98 Å². The SMILES string of the molecule is CCCCCCC(=O)Nc1cnc(-n2ccnc2)nc1NCc1ccc2c(c1)OCO2. The van der Waals surface area contributed by atoms with Gasteiger partial charge in [0.05, 0.1) is 6.20 Å². The van der Waals surface area contributed by atoms with Gasteiger partial charge in [0.1, 0.15) is 12.0 Å². The summed E-state index contributed by atoms with van der Waals surface area (Å²) >= 11 is 0. The van der Waals surface area contributed by atoms with Gasteiger partial charge in [-0.15, -0.1) is 0 Å². The lowest BCUT2D eigenvalue weighted by Gasteiger charge is -2.14. The highest BCUT2D eigenvalue weighted by Gasteiger charge is 2.15. The molecule has 1 aliphatic rings. The number of carbonyl (C=O) groups excluding carboxylic acids is 1. The zero-order valence-electron chi connectivity index (χ0n) is 17.5. The van der Waals surface area contributed by atoms with E-state index < -0.39 is 0 Å². The second kappa shape index (κ2) is 9.92. The molecule has 162 valence electrons. The van der Waals surface area contributed by atoms with Crippen LogP contribution >= 0.6 is 0 Å². The lowest BCUT2D eigenvalue weighted by molar-refractivity contribution is -0.116. The number of imidazole rings is 1. The average molecular weight is 422 g/mol. The Bertz CT molecular complexity index is 1020. The van der Waals surface area contributed by atoms with Crippen LogP contribution in [0.1, 0.15) is 44.6 Å². The van der Waals surface area contributed by atoms with Gasteiger partial charge in [0.2, 0.25) is 18.6 Å². The van der Waals surface area contributed by atoms with Gasteiger partial charge >= 0.3 is 0 Å². The van der Waals surface area contributed by atoms with E-state index in [1.807, 2.05) is 18.2 Å². The predicted octanol–water partition coefficient (Wildman–Crippen LogP) is 3.91. The van der Waals surface area contributed by atoms with Crippen molar-refractivity contribution in [3.8, 4) is 17.4 Å². The third kappa shape index (κ3) is 5.30. The van der Waals surface area contributed by atoms with E-state index >= 15 is 0 Å². The van der Waals surface area contributed by atoms with Crippen LogP contribution in [-0.4, -0.2) is 32.2 Å². The number of amides is 1. The molecule has 9 heteroatoms. The first-order chi connectivity index (χ1) is 15.2. The highest BCUT2D eigenvalue weighted by atomic mass is 16.7. The Kier molecular flexibility index (Phi) is 6.61. The number of aromatic nitrogens is 4. The second-order valence-electron chi connectivity index (χ2n) is 7.30. The number of benzene rings is 1. The van der Waals surface area contributed by atoms with E-state index in [2.05, 4.69) is 32.5 Å². The van der Waals surface area contributed by atoms with Crippen LogP contribution < -0.4 is 20.1 Å². The van der Waals surface area contributed by atoms with E-state index in [1.54, 1.807) is 29.5 Å². The largest absolute Gasteiger partial charge is 0.454 e. The number of nitrogens with zero attached hydrogens (tertiary/aromatic N) is 4. The van der Waals surface area contributed by atoms with Crippen LogP contribution in [0.2, 0.25) is 0 Å². The molecular weight excluding hydrogens is 396 g/mol. The predicted molar refractivity (Wildman–Crippen MR) is 116 cm³/mol. The molecule has 4 rings (SSSR count). The Labute approximate surface area is 180 Å². The highest BCUT2D eigenvalue weighted by Crippen LogP contribution is 2.32. The summed E-state index contributed by atoms with van der Waals surface area (Å²) in [5.41, 5.74) is 1.55. The van der Waals surface area contributed by atoms with Crippen LogP contribution in [0.5, 0.6) is 11.5 Å². The molecule has 0 aliphatic carbocycles. The molecule has 2 aromatic heterocycles. The zero-order chi connectivity index (χ0) is 21.5. The normalized spacial score (nSPS) is 12.0. The summed E-state index contributed by atoms with van der Waals surface area (Å²) in [4.78, 5) is 25.4. The fraction of sp³-hybridized carbons (Fsp3) is 0.364. The van der Waals surface area contributed by atoms with Crippen molar-refractivity contribution in [3.63, 3.8) is 0 Å². The van der Waals surface area contributed by atoms with Crippen LogP contribution in [-0.2, 0) is 11.3 Å². The summed E-state index contributed by atoms with van der Waals surface area (Å²) in [6, 6.07) is 5.78. The molecule has 0 unspecified atom stereocenters. The Hall–Kier alpha value is -3.62. The first kappa shape index (κ1) is 20.6. The molecule has 1 aliphatic heterocycles. The van der Waals surface area contributed by atoms with Crippen molar-refractivity contribution >= 4 is 17.4 Å². The minimum Gasteiger partial charge on any atom is -0.454 e. The second-order valence-corrected chi connectivity index (χ2v) is 7.30. The summed E-state index contributed by atoms with van der Waals surface area (Å²) in [7, 11) is 0. The summed E-state index contributed by atoms with van der Waals surface area (Å²) in [6.07, 6.45) is 11.3. The molecule has 0 atom stereocenters. The maximum absolute atomic E-state index is 12.4. The van der Waals surface area contributed by atoms with Crippen LogP contribution in [0.15, 0.2) is 43.1 Å². The smallest absolute Gasteiger partial charge is 0.236 e. The Morgan fingerprint density at radius 1 is 1.19 bits per heavy atom. The van der Waals surface area contributed by atoms with Crippen LogP contribution in [0.25, 0.3) is 5.95 Å². The molecule has 0 saturated carbocycles. The standard InChI is InChI=1S/C22H26N6O3/c1-2-3-4-5-6-20(29)26-17-13-25-22(28-10-9-23-14-28)27-21(17)24-12-16-7-8-18-19(11-16)31-15-30-18/h7-11,13-14H,2-6,12,15H2,1H3,(H,26,29)(H,24,25,27). The van der Waals surface area contributed by atoms with Gasteiger partial charge in [0.15, 0.2) is 17.3 Å². The third-order valence-corrected chi connectivity index (χ3v) is 4.94. The summed E-state index contributed by atoms with van der Waals surface area (Å²) in [6.45, 7) is 2.88. The van der Waals surface area contributed by atoms with E-state index in [4.69, 9.17) is 9.47 Å². The molecule has 0 radical (unpaired) electrons. The fourth-order valence-corrected chi connectivity index (χ4v) is 3.26. The van der Waals surface area contributed by atoms with Crippen molar-refractivity contribution in [3.05, 3.63) is 48.7 Å². The molecule has 2 N–H and O–H groups in total. The average Bonchev–Trinajstić information content (AvgIpc) is 3.48. The van der Waals surface area contributed by atoms with Crippen LogP contribution in [0, 0.1) is 0 Å². The molecule has 3 heterocycles. The maximum atomic E-state index is 12.4. The summed E-state index contributed by atoms with van der Waals surface area (Å²) < 4.78 is 12.5. The quantitative estimate of drug-likeness (QED) is 0.477. The molecule has 1 amide bonds. The van der Waals surface area contributed by atoms with Gasteiger partial charge in [-0.3, -0.25) is 9.36 Å². The Morgan fingerprint density at radius 2 is 2.10 bits per heavy atom. The van der Waals surface area contributed by atoms with E-state index in [-0.39, 0.29) is 12.7 Å². The fourth-order valence-electron chi connectivity index (χ4n) is 3.26. The van der Waals surface area contributed by atoms with Crippen LogP contribution in [0.3, 0.4) is 0 Å².